The minimum atomic E-state index is -0.514. The molecule has 0 bridgehead atoms. The summed E-state index contributed by atoms with van der Waals surface area (Å²) >= 11 is 1.46. The molecule has 3 aromatic carbocycles. The van der Waals surface area contributed by atoms with Gasteiger partial charge in [-0.2, -0.15) is 4.98 Å². The molecule has 0 atom stereocenters. The van der Waals surface area contributed by atoms with Gasteiger partial charge < -0.3 is 14.0 Å². The summed E-state index contributed by atoms with van der Waals surface area (Å²) in [5, 5.41) is 18.7. The van der Waals surface area contributed by atoms with Crippen LogP contribution in [-0.4, -0.2) is 20.0 Å². The number of aryl methyl sites for hydroxylation is 1. The van der Waals surface area contributed by atoms with E-state index >= 15 is 0 Å². The molecular weight excluding hydrogens is 480 g/mol. The van der Waals surface area contributed by atoms with Gasteiger partial charge in [0.25, 0.3) is 5.89 Å². The van der Waals surface area contributed by atoms with Gasteiger partial charge >= 0.3 is 5.69 Å². The summed E-state index contributed by atoms with van der Waals surface area (Å²) < 4.78 is 17.4. The van der Waals surface area contributed by atoms with Crippen LogP contribution in [0.1, 0.15) is 16.1 Å². The molecule has 5 rings (SSSR count). The van der Waals surface area contributed by atoms with E-state index in [0.717, 1.165) is 16.1 Å². The zero-order valence-electron chi connectivity index (χ0n) is 19.2. The highest BCUT2D eigenvalue weighted by Gasteiger charge is 2.26. The molecule has 0 radical (unpaired) electrons. The fraction of sp³-hybridized carbons (Fsp3) is 0.115. The van der Waals surface area contributed by atoms with Crippen LogP contribution in [0.3, 0.4) is 0 Å². The van der Waals surface area contributed by atoms with E-state index in [-0.39, 0.29) is 36.3 Å². The lowest BCUT2D eigenvalue weighted by molar-refractivity contribution is -0.386. The number of nitro groups is 1. The van der Waals surface area contributed by atoms with E-state index in [9.17, 15) is 10.1 Å². The van der Waals surface area contributed by atoms with Gasteiger partial charge in [-0.05, 0) is 24.1 Å². The molecule has 2 heterocycles. The van der Waals surface area contributed by atoms with E-state index in [2.05, 4.69) is 15.1 Å². The molecule has 9 nitrogen and oxygen atoms in total. The van der Waals surface area contributed by atoms with Gasteiger partial charge in [-0.3, -0.25) is 10.1 Å². The smallest absolute Gasteiger partial charge is 0.315 e. The zero-order chi connectivity index (χ0) is 24.9. The molecule has 0 N–H and O–H groups in total. The molecular formula is C26H20N4O5S. The highest BCUT2D eigenvalue weighted by molar-refractivity contribution is 7.09. The molecule has 36 heavy (non-hydrogen) atoms. The number of benzene rings is 3. The van der Waals surface area contributed by atoms with Crippen molar-refractivity contribution in [2.24, 2.45) is 0 Å². The first-order valence-corrected chi connectivity index (χ1v) is 11.9. The molecule has 0 aliphatic carbocycles. The van der Waals surface area contributed by atoms with Crippen LogP contribution in [0, 0.1) is 17.0 Å². The Labute approximate surface area is 210 Å². The van der Waals surface area contributed by atoms with Gasteiger partial charge in [-0.25, -0.2) is 4.98 Å². The lowest BCUT2D eigenvalue weighted by Gasteiger charge is -2.14. The average Bonchev–Trinajstić information content (AvgIpc) is 3.56. The van der Waals surface area contributed by atoms with E-state index in [0.29, 0.717) is 17.1 Å². The lowest BCUT2D eigenvalue weighted by Crippen LogP contribution is -2.04. The second-order valence-corrected chi connectivity index (χ2v) is 8.87. The topological polar surface area (TPSA) is 113 Å². The summed E-state index contributed by atoms with van der Waals surface area (Å²) in [5.41, 5.74) is 2.41. The Balaban J connectivity index is 1.52. The average molecular weight is 501 g/mol. The molecule has 2 aromatic heterocycles. The van der Waals surface area contributed by atoms with Crippen molar-refractivity contribution in [3.05, 3.63) is 104 Å². The first kappa shape index (κ1) is 23.2. The number of ether oxygens (including phenoxy) is 2. The van der Waals surface area contributed by atoms with E-state index < -0.39 is 4.92 Å². The molecule has 0 saturated carbocycles. The predicted molar refractivity (Wildman–Crippen MR) is 134 cm³/mol. The van der Waals surface area contributed by atoms with Crippen molar-refractivity contribution in [1.29, 1.82) is 0 Å². The highest BCUT2D eigenvalue weighted by atomic mass is 32.1. The lowest BCUT2D eigenvalue weighted by atomic mass is 10.1. The van der Waals surface area contributed by atoms with Gasteiger partial charge in [0.05, 0.1) is 15.5 Å². The Hall–Kier alpha value is -4.57. The standard InChI is InChI=1S/C26H20N4O5S/c1-17-27-21(16-36-17)25-28-26(35-29-25)20-12-22(30(31)32)24(34-15-19-10-6-3-7-11-19)23(13-20)33-14-18-8-4-2-5-9-18/h2-13,16H,14-15H2,1H3. The third kappa shape index (κ3) is 5.23. The van der Waals surface area contributed by atoms with Crippen molar-refractivity contribution in [2.45, 2.75) is 20.1 Å². The van der Waals surface area contributed by atoms with Gasteiger partial charge in [0.2, 0.25) is 11.6 Å². The van der Waals surface area contributed by atoms with Crippen molar-refractivity contribution in [3.8, 4) is 34.5 Å². The predicted octanol–water partition coefficient (Wildman–Crippen LogP) is 6.23. The minimum absolute atomic E-state index is 0.0263. The summed E-state index contributed by atoms with van der Waals surface area (Å²) in [6.07, 6.45) is 0. The van der Waals surface area contributed by atoms with E-state index in [1.807, 2.05) is 73.0 Å². The number of rotatable bonds is 9. The summed E-state index contributed by atoms with van der Waals surface area (Å²) in [6, 6.07) is 21.9. The Morgan fingerprint density at radius 1 is 0.944 bits per heavy atom. The van der Waals surface area contributed by atoms with Crippen LogP contribution < -0.4 is 9.47 Å². The fourth-order valence-electron chi connectivity index (χ4n) is 3.47. The molecule has 10 heteroatoms. The first-order chi connectivity index (χ1) is 17.6. The minimum Gasteiger partial charge on any atom is -0.485 e. The van der Waals surface area contributed by atoms with Crippen molar-refractivity contribution in [1.82, 2.24) is 15.1 Å². The highest BCUT2D eigenvalue weighted by Crippen LogP contribution is 2.42. The molecule has 0 unspecified atom stereocenters. The normalized spacial score (nSPS) is 10.8. The number of hydrogen-bond donors (Lipinski definition) is 0. The van der Waals surface area contributed by atoms with Crippen LogP contribution in [0.4, 0.5) is 5.69 Å². The molecule has 0 saturated heterocycles. The second-order valence-electron chi connectivity index (χ2n) is 7.80. The molecule has 0 fully saturated rings. The van der Waals surface area contributed by atoms with Crippen molar-refractivity contribution in [3.63, 3.8) is 0 Å². The largest absolute Gasteiger partial charge is 0.485 e. The molecule has 0 spiro atoms. The van der Waals surface area contributed by atoms with Gasteiger partial charge in [-0.1, -0.05) is 65.8 Å². The number of hydrogen-bond acceptors (Lipinski definition) is 9. The van der Waals surface area contributed by atoms with Crippen LogP contribution >= 0.6 is 11.3 Å². The summed E-state index contributed by atoms with van der Waals surface area (Å²) in [7, 11) is 0. The van der Waals surface area contributed by atoms with Crippen LogP contribution in [0.5, 0.6) is 11.5 Å². The number of nitro benzene ring substituents is 1. The SMILES string of the molecule is Cc1nc(-c2noc(-c3cc(OCc4ccccc4)c(OCc4ccccc4)c([N+](=O)[O-])c3)n2)cs1. The molecule has 0 aliphatic heterocycles. The maximum atomic E-state index is 12.1. The molecule has 0 aliphatic rings. The number of nitrogens with zero attached hydrogens (tertiary/aromatic N) is 4. The Kier molecular flexibility index (Phi) is 6.67. The quantitative estimate of drug-likeness (QED) is 0.173. The third-order valence-electron chi connectivity index (χ3n) is 5.22. The Bertz CT molecular complexity index is 1490. The first-order valence-electron chi connectivity index (χ1n) is 11.0. The van der Waals surface area contributed by atoms with Crippen LogP contribution in [0.2, 0.25) is 0 Å². The van der Waals surface area contributed by atoms with Crippen molar-refractivity contribution >= 4 is 17.0 Å². The van der Waals surface area contributed by atoms with E-state index in [4.69, 9.17) is 14.0 Å². The summed E-state index contributed by atoms with van der Waals surface area (Å²) in [6.45, 7) is 2.20. The molecule has 180 valence electrons. The fourth-order valence-corrected chi connectivity index (χ4v) is 4.07. The van der Waals surface area contributed by atoms with Gasteiger partial charge in [0, 0.05) is 11.4 Å². The molecule has 5 aromatic rings. The summed E-state index contributed by atoms with van der Waals surface area (Å²) in [5.74, 6) is 0.632. The van der Waals surface area contributed by atoms with Crippen LogP contribution in [0.15, 0.2) is 82.7 Å². The van der Waals surface area contributed by atoms with Gasteiger partial charge in [0.15, 0.2) is 5.75 Å². The van der Waals surface area contributed by atoms with Crippen molar-refractivity contribution < 1.29 is 18.9 Å². The van der Waals surface area contributed by atoms with Crippen molar-refractivity contribution in [2.75, 3.05) is 0 Å². The van der Waals surface area contributed by atoms with E-state index in [1.54, 1.807) is 6.07 Å². The number of thiazole rings is 1. The van der Waals surface area contributed by atoms with Crippen LogP contribution in [0.25, 0.3) is 23.0 Å². The van der Waals surface area contributed by atoms with Gasteiger partial charge in [0.1, 0.15) is 18.9 Å². The zero-order valence-corrected chi connectivity index (χ0v) is 20.0. The van der Waals surface area contributed by atoms with Gasteiger partial charge in [-0.15, -0.1) is 11.3 Å². The molecule has 0 amide bonds. The van der Waals surface area contributed by atoms with Crippen LogP contribution in [-0.2, 0) is 13.2 Å². The maximum Gasteiger partial charge on any atom is 0.315 e. The Morgan fingerprint density at radius 2 is 1.61 bits per heavy atom. The third-order valence-corrected chi connectivity index (χ3v) is 5.99. The maximum absolute atomic E-state index is 12.1. The summed E-state index contributed by atoms with van der Waals surface area (Å²) in [4.78, 5) is 20.3. The number of aromatic nitrogens is 3. The monoisotopic (exact) mass is 500 g/mol. The Morgan fingerprint density at radius 3 is 2.22 bits per heavy atom. The van der Waals surface area contributed by atoms with E-state index in [1.165, 1.54) is 17.4 Å². The second kappa shape index (κ2) is 10.4.